The molecule has 2 fully saturated rings. The summed E-state index contributed by atoms with van der Waals surface area (Å²) in [5, 5.41) is 4.31. The second-order valence-corrected chi connectivity index (χ2v) is 11.0. The zero-order valence-electron chi connectivity index (χ0n) is 17.3. The zero-order chi connectivity index (χ0) is 23.0. The number of nitrogens with zero attached hydrogens (tertiary/aromatic N) is 2. The zero-order valence-corrected chi connectivity index (χ0v) is 19.7. The molecule has 0 bridgehead atoms. The Labute approximate surface area is 200 Å². The molecule has 1 amide bonds. The fourth-order valence-electron chi connectivity index (χ4n) is 3.48. The van der Waals surface area contributed by atoms with Gasteiger partial charge in [0, 0.05) is 17.6 Å². The normalized spacial score (nSPS) is 19.2. The number of amides is 1. The first-order valence-corrected chi connectivity index (χ1v) is 13.0. The van der Waals surface area contributed by atoms with E-state index < -0.39 is 10.0 Å². The quantitative estimate of drug-likeness (QED) is 0.500. The van der Waals surface area contributed by atoms with Gasteiger partial charge in [-0.1, -0.05) is 30.2 Å². The highest BCUT2D eigenvalue weighted by molar-refractivity contribution is 8.18. The molecular formula is C23H19ClN4O3S2. The van der Waals surface area contributed by atoms with E-state index in [0.717, 1.165) is 35.7 Å². The van der Waals surface area contributed by atoms with Gasteiger partial charge in [0.05, 0.1) is 26.0 Å². The molecular weight excluding hydrogens is 480 g/mol. The number of sulfonamides is 1. The number of fused-ring (bicyclic) bond motifs is 1. The summed E-state index contributed by atoms with van der Waals surface area (Å²) in [7, 11) is -3.66. The highest BCUT2D eigenvalue weighted by Gasteiger charge is 2.26. The number of thioether (sulfide) groups is 1. The predicted octanol–water partition coefficient (Wildman–Crippen LogP) is 4.61. The molecule has 168 valence electrons. The molecule has 2 heterocycles. The van der Waals surface area contributed by atoms with Crippen LogP contribution in [0.5, 0.6) is 0 Å². The number of amidine groups is 1. The van der Waals surface area contributed by atoms with E-state index in [1.807, 2.05) is 30.3 Å². The number of aromatic nitrogens is 1. The van der Waals surface area contributed by atoms with E-state index in [4.69, 9.17) is 11.6 Å². The average molecular weight is 499 g/mol. The maximum atomic E-state index is 12.6. The highest BCUT2D eigenvalue weighted by atomic mass is 35.5. The molecule has 2 aromatic carbocycles. The lowest BCUT2D eigenvalue weighted by molar-refractivity contribution is -0.115. The first kappa shape index (κ1) is 22.1. The van der Waals surface area contributed by atoms with Gasteiger partial charge in [-0.3, -0.25) is 9.78 Å². The number of carbonyl (C=O) groups excluding carboxylic acids is 1. The fourth-order valence-corrected chi connectivity index (χ4v) is 5.80. The summed E-state index contributed by atoms with van der Waals surface area (Å²) in [6.45, 7) is 0. The standard InChI is InChI=1S/C23H19ClN4O3S2/c24-18-8-7-17(33(30,31)28-16-4-1-5-16)13-20(18)26-23-27-22(29)21(32-23)12-14-6-9-19-15(11-14)3-2-10-25-19/h2-3,6-13,16,28H,1,4-5H2,(H,26,27,29)/b21-12+. The Balaban J connectivity index is 1.39. The lowest BCUT2D eigenvalue weighted by Gasteiger charge is -2.26. The topological polar surface area (TPSA) is 101 Å². The van der Waals surface area contributed by atoms with E-state index in [9.17, 15) is 13.2 Å². The molecule has 2 N–H and O–H groups in total. The SMILES string of the molecule is O=C1NC(=Nc2cc(S(=O)(=O)NC3CCC3)ccc2Cl)S/C1=C/c1ccc2ncccc2c1. The number of carbonyl (C=O) groups is 1. The van der Waals surface area contributed by atoms with E-state index >= 15 is 0 Å². The van der Waals surface area contributed by atoms with Crippen LogP contribution in [0.2, 0.25) is 5.02 Å². The van der Waals surface area contributed by atoms with Crippen LogP contribution in [0, 0.1) is 0 Å². The first-order chi connectivity index (χ1) is 15.9. The minimum atomic E-state index is -3.66. The number of rotatable bonds is 5. The second-order valence-electron chi connectivity index (χ2n) is 7.80. The maximum Gasteiger partial charge on any atom is 0.264 e. The molecule has 7 nitrogen and oxygen atoms in total. The lowest BCUT2D eigenvalue weighted by Crippen LogP contribution is -2.39. The van der Waals surface area contributed by atoms with Crippen molar-refractivity contribution in [1.82, 2.24) is 15.0 Å². The van der Waals surface area contributed by atoms with Crippen LogP contribution < -0.4 is 10.0 Å². The largest absolute Gasteiger partial charge is 0.300 e. The van der Waals surface area contributed by atoms with Crippen LogP contribution in [0.25, 0.3) is 17.0 Å². The molecule has 0 radical (unpaired) electrons. The Morgan fingerprint density at radius 2 is 2.03 bits per heavy atom. The van der Waals surface area contributed by atoms with Crippen molar-refractivity contribution in [3.8, 4) is 0 Å². The summed E-state index contributed by atoms with van der Waals surface area (Å²) in [6, 6.07) is 13.9. The summed E-state index contributed by atoms with van der Waals surface area (Å²) in [6.07, 6.45) is 6.22. The predicted molar refractivity (Wildman–Crippen MR) is 132 cm³/mol. The third kappa shape index (κ3) is 4.81. The number of hydrogen-bond donors (Lipinski definition) is 2. The average Bonchev–Trinajstić information content (AvgIpc) is 3.11. The van der Waals surface area contributed by atoms with Gasteiger partial charge < -0.3 is 5.32 Å². The molecule has 1 aliphatic carbocycles. The van der Waals surface area contributed by atoms with Crippen molar-refractivity contribution in [3.05, 3.63) is 70.2 Å². The Hall–Kier alpha value is -2.72. The van der Waals surface area contributed by atoms with Crippen molar-refractivity contribution in [2.24, 2.45) is 4.99 Å². The van der Waals surface area contributed by atoms with Crippen LogP contribution in [-0.2, 0) is 14.8 Å². The van der Waals surface area contributed by atoms with Gasteiger partial charge in [0.2, 0.25) is 10.0 Å². The Morgan fingerprint density at radius 1 is 1.18 bits per heavy atom. The molecule has 1 aromatic heterocycles. The second kappa shape index (κ2) is 8.90. The van der Waals surface area contributed by atoms with Gasteiger partial charge in [0.25, 0.3) is 5.91 Å². The Kier molecular flexibility index (Phi) is 5.96. The smallest absolute Gasteiger partial charge is 0.264 e. The molecule has 2 aliphatic rings. The van der Waals surface area contributed by atoms with E-state index in [2.05, 4.69) is 20.0 Å². The van der Waals surface area contributed by atoms with Crippen molar-refractivity contribution in [1.29, 1.82) is 0 Å². The minimum absolute atomic E-state index is 0.0244. The third-order valence-electron chi connectivity index (χ3n) is 5.45. The van der Waals surface area contributed by atoms with Gasteiger partial charge in [-0.2, -0.15) is 0 Å². The molecule has 0 spiro atoms. The number of halogens is 1. The van der Waals surface area contributed by atoms with Gasteiger partial charge >= 0.3 is 0 Å². The molecule has 33 heavy (non-hydrogen) atoms. The van der Waals surface area contributed by atoms with Gasteiger partial charge in [-0.15, -0.1) is 0 Å². The Morgan fingerprint density at radius 3 is 2.82 bits per heavy atom. The van der Waals surface area contributed by atoms with Crippen molar-refractivity contribution in [3.63, 3.8) is 0 Å². The lowest BCUT2D eigenvalue weighted by atomic mass is 9.94. The first-order valence-electron chi connectivity index (χ1n) is 10.3. The minimum Gasteiger partial charge on any atom is -0.300 e. The molecule has 3 aromatic rings. The van der Waals surface area contributed by atoms with E-state index in [-0.39, 0.29) is 22.5 Å². The summed E-state index contributed by atoms with van der Waals surface area (Å²) in [4.78, 5) is 21.8. The third-order valence-corrected chi connectivity index (χ3v) is 8.20. The van der Waals surface area contributed by atoms with Crippen molar-refractivity contribution >= 4 is 67.1 Å². The summed E-state index contributed by atoms with van der Waals surface area (Å²) in [5.41, 5.74) is 2.01. The summed E-state index contributed by atoms with van der Waals surface area (Å²) < 4.78 is 28.0. The number of pyridine rings is 1. The van der Waals surface area contributed by atoms with Crippen LogP contribution >= 0.6 is 23.4 Å². The van der Waals surface area contributed by atoms with E-state index in [0.29, 0.717) is 15.1 Å². The molecule has 5 rings (SSSR count). The van der Waals surface area contributed by atoms with Gasteiger partial charge in [0.1, 0.15) is 0 Å². The van der Waals surface area contributed by atoms with Gasteiger partial charge in [0.15, 0.2) is 5.17 Å². The van der Waals surface area contributed by atoms with Crippen LogP contribution in [0.3, 0.4) is 0 Å². The van der Waals surface area contributed by atoms with Crippen LogP contribution in [0.1, 0.15) is 24.8 Å². The Bertz CT molecular complexity index is 1430. The summed E-state index contributed by atoms with van der Waals surface area (Å²) in [5.74, 6) is -0.281. The molecule has 1 aliphatic heterocycles. The van der Waals surface area contributed by atoms with Gasteiger partial charge in [-0.05, 0) is 72.6 Å². The molecule has 10 heteroatoms. The highest BCUT2D eigenvalue weighted by Crippen LogP contribution is 2.33. The van der Waals surface area contributed by atoms with Crippen LogP contribution in [0.4, 0.5) is 5.69 Å². The molecule has 1 saturated heterocycles. The van der Waals surface area contributed by atoms with Crippen LogP contribution in [0.15, 0.2) is 69.5 Å². The molecule has 0 unspecified atom stereocenters. The number of benzene rings is 2. The van der Waals surface area contributed by atoms with E-state index in [1.165, 1.54) is 30.0 Å². The van der Waals surface area contributed by atoms with Gasteiger partial charge in [-0.25, -0.2) is 18.1 Å². The van der Waals surface area contributed by atoms with Crippen molar-refractivity contribution in [2.45, 2.75) is 30.2 Å². The molecule has 1 saturated carbocycles. The number of aliphatic imine (C=N–C) groups is 1. The summed E-state index contributed by atoms with van der Waals surface area (Å²) >= 11 is 7.43. The van der Waals surface area contributed by atoms with Crippen LogP contribution in [-0.4, -0.2) is 30.5 Å². The number of hydrogen-bond acceptors (Lipinski definition) is 6. The van der Waals surface area contributed by atoms with Crippen molar-refractivity contribution in [2.75, 3.05) is 0 Å². The fraction of sp³-hybridized carbons (Fsp3) is 0.174. The van der Waals surface area contributed by atoms with E-state index in [1.54, 1.807) is 12.3 Å². The number of nitrogens with one attached hydrogen (secondary N) is 2. The monoisotopic (exact) mass is 498 g/mol. The molecule has 0 atom stereocenters. The van der Waals surface area contributed by atoms with Crippen molar-refractivity contribution < 1.29 is 13.2 Å². The maximum absolute atomic E-state index is 12.6.